The van der Waals surface area contributed by atoms with E-state index in [0.29, 0.717) is 105 Å². The van der Waals surface area contributed by atoms with Crippen molar-refractivity contribution in [2.24, 2.45) is 0 Å². The number of piperidine rings is 1. The molecule has 0 radical (unpaired) electrons. The molecule has 51 heteroatoms. The van der Waals surface area contributed by atoms with Gasteiger partial charge in [0.05, 0.1) is 41.2 Å². The lowest BCUT2D eigenvalue weighted by Gasteiger charge is -2.41. The van der Waals surface area contributed by atoms with Gasteiger partial charge in [-0.3, -0.25) is 47.8 Å². The molecule has 5 amide bonds. The van der Waals surface area contributed by atoms with E-state index >= 15 is 0 Å². The summed E-state index contributed by atoms with van der Waals surface area (Å²) < 4.78 is 208. The molecule has 7 aromatic heterocycles. The number of para-hydroxylation sites is 3. The number of hydrogen-bond acceptors (Lipinski definition) is 28. The fourth-order valence-corrected chi connectivity index (χ4v) is 25.0. The molecule has 3 atom stereocenters. The Labute approximate surface area is 860 Å². The minimum atomic E-state index is -4.77. The van der Waals surface area contributed by atoms with Gasteiger partial charge >= 0.3 is 12.4 Å². The lowest BCUT2D eigenvalue weighted by atomic mass is 9.89. The first kappa shape index (κ1) is 103. The molecule has 0 spiro atoms. The van der Waals surface area contributed by atoms with E-state index in [0.717, 1.165) is 92.8 Å². The predicted molar refractivity (Wildman–Crippen MR) is 551 cm³/mol. The first-order valence-corrected chi connectivity index (χ1v) is 54.7. The number of amides is 5. The van der Waals surface area contributed by atoms with Gasteiger partial charge in [0.1, 0.15) is 43.6 Å². The second-order valence-electron chi connectivity index (χ2n) is 33.8. The summed E-state index contributed by atoms with van der Waals surface area (Å²) in [6.07, 6.45) is 3.54. The van der Waals surface area contributed by atoms with Gasteiger partial charge < -0.3 is 48.2 Å². The molecular formula is C94H97Cl2F6N21O14S8. The largest absolute Gasteiger partial charge is 0.483 e. The van der Waals surface area contributed by atoms with E-state index in [2.05, 4.69) is 62.0 Å². The molecule has 0 bridgehead atoms. The summed E-state index contributed by atoms with van der Waals surface area (Å²) in [5, 5.41) is 5.41. The van der Waals surface area contributed by atoms with E-state index in [1.165, 1.54) is 103 Å². The molecule has 5 aliphatic heterocycles. The fourth-order valence-electron chi connectivity index (χ4n) is 17.6. The van der Waals surface area contributed by atoms with Gasteiger partial charge in [0.25, 0.3) is 46.0 Å². The number of carbonyl (C=O) groups is 5. The molecule has 0 unspecified atom stereocenters. The van der Waals surface area contributed by atoms with E-state index in [1.807, 2.05) is 118 Å². The Morgan fingerprint density at radius 2 is 1.17 bits per heavy atom. The Bertz CT molecular complexity index is 7770. The second kappa shape index (κ2) is 43.4. The van der Waals surface area contributed by atoms with Gasteiger partial charge in [0.2, 0.25) is 44.8 Å². The predicted octanol–water partition coefficient (Wildman–Crippen LogP) is 17.5. The third kappa shape index (κ3) is 23.9. The number of hydrogen-bond donors (Lipinski definition) is 4. The normalized spacial score (nSPS) is 16.3. The van der Waals surface area contributed by atoms with Crippen LogP contribution in [0.4, 0.5) is 69.6 Å². The van der Waals surface area contributed by atoms with Crippen LogP contribution in [0.5, 0.6) is 5.75 Å². The Morgan fingerprint density at radius 3 is 1.78 bits per heavy atom. The van der Waals surface area contributed by atoms with Gasteiger partial charge in [-0.2, -0.15) is 44.4 Å². The summed E-state index contributed by atoms with van der Waals surface area (Å²) in [6, 6.07) is 52.6. The molecule has 4 N–H and O–H groups in total. The minimum Gasteiger partial charge on any atom is -0.483 e. The Hall–Kier alpha value is -13.5. The Morgan fingerprint density at radius 1 is 0.566 bits per heavy atom. The maximum absolute atomic E-state index is 13.3. The van der Waals surface area contributed by atoms with Crippen LogP contribution in [0.15, 0.2) is 257 Å². The highest BCUT2D eigenvalue weighted by molar-refractivity contribution is 7.93. The third-order valence-corrected chi connectivity index (χ3v) is 33.7. The van der Waals surface area contributed by atoms with Crippen LogP contribution in [0.3, 0.4) is 0 Å². The zero-order valence-electron chi connectivity index (χ0n) is 76.5. The quantitative estimate of drug-likeness (QED) is 0.0408. The molecule has 4 fully saturated rings. The van der Waals surface area contributed by atoms with Crippen molar-refractivity contribution < 1.29 is 95.9 Å². The van der Waals surface area contributed by atoms with Crippen LogP contribution < -0.4 is 43.2 Å². The number of nitrogens with one attached hydrogen (secondary N) is 4. The number of carbonyl (C=O) groups excluding carboxylic acids is 5. The van der Waals surface area contributed by atoms with Crippen LogP contribution in [0.2, 0.25) is 10.0 Å². The maximum atomic E-state index is 13.3. The highest BCUT2D eigenvalue weighted by atomic mass is 35.5. The van der Waals surface area contributed by atoms with Crippen molar-refractivity contribution >= 4 is 215 Å². The number of halogens is 8. The maximum Gasteiger partial charge on any atom is 0.452 e. The molecule has 15 aromatic rings. The van der Waals surface area contributed by atoms with Gasteiger partial charge in [-0.15, -0.1) is 11.3 Å². The molecular weight excluding hydrogens is 2090 g/mol. The second-order valence-corrected chi connectivity index (χ2v) is 44.6. The average Bonchev–Trinajstić information content (AvgIpc) is 1.73. The lowest BCUT2D eigenvalue weighted by molar-refractivity contribution is -0.144. The van der Waals surface area contributed by atoms with Crippen LogP contribution in [0.25, 0.3) is 32.7 Å². The minimum absolute atomic E-state index is 0. The van der Waals surface area contributed by atoms with E-state index in [4.69, 9.17) is 27.9 Å². The monoisotopic (exact) mass is 2180 g/mol. The van der Waals surface area contributed by atoms with Crippen LogP contribution >= 0.6 is 69.1 Å². The Balaban J connectivity index is 0.000000175. The summed E-state index contributed by atoms with van der Waals surface area (Å²) in [4.78, 5) is 96.7. The van der Waals surface area contributed by atoms with Gasteiger partial charge in [0.15, 0.2) is 11.7 Å². The number of likely N-dealkylation sites (tertiary alicyclic amines) is 1. The average molecular weight is 2190 g/mol. The number of pyridine rings is 1. The summed E-state index contributed by atoms with van der Waals surface area (Å²) in [5.41, 5.74) is 5.85. The van der Waals surface area contributed by atoms with Crippen LogP contribution in [0.1, 0.15) is 81.1 Å². The van der Waals surface area contributed by atoms with Crippen molar-refractivity contribution in [3.8, 4) is 5.75 Å². The fraction of sp³-hybridized carbons (Fsp3) is 0.266. The number of aryl methyl sites for hydroxylation is 1. The van der Waals surface area contributed by atoms with E-state index in [-0.39, 0.29) is 126 Å². The summed E-state index contributed by atoms with van der Waals surface area (Å²) in [7, 11) is -15.5. The van der Waals surface area contributed by atoms with Gasteiger partial charge in [-0.25, -0.2) is 48.6 Å². The standard InChI is InChI=1S/C25H22F3N5O4S2.C24H23N5O4S2.C23H23ClN6O3S2.C22H19ClF3N5O3S2.5H2/c26-25(27,28)20-3-1-2-19-21(8-11-29-23(19)20)37-14-22(34)33-12-9-17(10-13-33)16-4-6-18(7-5-16)39(35,36)32-24-30-15-31-38-24;1-17(28-12-10-18-4-2-3-5-21(18)28)23(31)27-13-14-29(22(30)16-27)19-6-8-20(9-7-19)35(32,33)26-24-25-11-15-34-24;1-16-13-28(18-5-7-19(8-6-18)35(32,33)27-23-25-15-26-34-23)11-12-30(16)21(31)14-29-10-9-17-3-2-4-20(24)22(17)29;23-14-3-8-17-13(12-14)2-1-10-31(17)18-9-11-30(19(18)32)15-4-6-16(7-5-15)36(33,34)29-21-27-20(28-35-21)22(24,25)26;;;;;/h1-8,11,15,17H,9-10,12-14H2,(H,30,31,32);2-12,15,17H,13-14,16H2,1H3,(H,25,26);2-10,15-16H,11-14H2,1H3,(H,25,26,27);3-8,12,18H,1-2,9-11H2,(H,27,28,29);5*1H/t;17-;16-;18-;;;;;/m.100...../s1. The van der Waals surface area contributed by atoms with Crippen LogP contribution in [-0.4, -0.2) is 209 Å². The molecule has 12 heterocycles. The number of thiazole rings is 1. The molecule has 8 aromatic carbocycles. The molecule has 145 heavy (non-hydrogen) atoms. The highest BCUT2D eigenvalue weighted by Crippen LogP contribution is 2.41. The summed E-state index contributed by atoms with van der Waals surface area (Å²) in [6.45, 7) is 8.50. The topological polar surface area (TPSA) is 415 Å². The van der Waals surface area contributed by atoms with Crippen molar-refractivity contribution in [2.75, 3.05) is 111 Å². The number of sulfonamides is 4. The van der Waals surface area contributed by atoms with Crippen molar-refractivity contribution in [1.29, 1.82) is 0 Å². The number of alkyl halides is 6. The first-order valence-electron chi connectivity index (χ1n) is 44.8. The number of anilines is 8. The van der Waals surface area contributed by atoms with Crippen molar-refractivity contribution in [2.45, 2.75) is 108 Å². The molecule has 35 nitrogen and oxygen atoms in total. The van der Waals surface area contributed by atoms with Gasteiger partial charge in [0, 0.05) is 181 Å². The van der Waals surface area contributed by atoms with Crippen LogP contribution in [0, 0.1) is 0 Å². The molecule has 5 aliphatic rings. The molecule has 4 saturated heterocycles. The van der Waals surface area contributed by atoms with E-state index in [1.54, 1.807) is 73.5 Å². The number of rotatable bonds is 24. The smallest absolute Gasteiger partial charge is 0.452 e. The number of piperazine rings is 2. The van der Waals surface area contributed by atoms with Crippen molar-refractivity contribution in [3.63, 3.8) is 0 Å². The SMILES string of the molecule is C[C@H](C(=O)N1CCN(c2ccc(S(=O)(=O)Nc3nccs3)cc2)C(=O)C1)n1ccc2ccccc21.C[C@H]1CN(c2ccc(S(=O)(=O)Nc3ncns3)cc2)CCN1C(=O)Cn1ccc2cccc(Cl)c21.O=C(COc1ccnc2c(C(F)(F)F)cccc12)N1CCC(c2ccc(S(=O)(=O)Nc3ncns3)cc2)CC1.O=C1[C@@H](N2CCCc3cc(Cl)ccc32)CCN1c1ccc(S(=O)(=O)Nc2nc(C(F)(F)F)ns2)cc1.[HH].[HH].[HH].[HH].[HH]. The van der Waals surface area contributed by atoms with Gasteiger partial charge in [-0.1, -0.05) is 71.7 Å². The van der Waals surface area contributed by atoms with E-state index < -0.39 is 75.0 Å². The van der Waals surface area contributed by atoms with Gasteiger partial charge in [-0.05, 0) is 214 Å². The first-order chi connectivity index (χ1) is 69.3. The van der Waals surface area contributed by atoms with Crippen molar-refractivity contribution in [3.05, 3.63) is 270 Å². The number of ether oxygens (including phenoxy) is 1. The molecule has 766 valence electrons. The number of nitrogens with zero attached hydrogens (tertiary/aromatic N) is 17. The van der Waals surface area contributed by atoms with Crippen molar-refractivity contribution in [1.82, 2.24) is 61.9 Å². The zero-order chi connectivity index (χ0) is 102. The Kier molecular flexibility index (Phi) is 30.8. The number of benzene rings is 8. The van der Waals surface area contributed by atoms with E-state index in [9.17, 15) is 84.0 Å². The third-order valence-electron chi connectivity index (χ3n) is 24.7. The number of fused-ring (bicyclic) bond motifs is 4. The lowest BCUT2D eigenvalue weighted by Crippen LogP contribution is -2.54. The summed E-state index contributed by atoms with van der Waals surface area (Å²) in [5.74, 6) is -1.76. The highest BCUT2D eigenvalue weighted by Gasteiger charge is 2.42. The number of aromatic nitrogens is 10. The molecule has 0 saturated carbocycles. The molecule has 20 rings (SSSR count). The van der Waals surface area contributed by atoms with Crippen LogP contribution in [-0.2, 0) is 89.4 Å². The zero-order valence-corrected chi connectivity index (χ0v) is 84.5. The summed E-state index contributed by atoms with van der Waals surface area (Å²) >= 11 is 15.9. The molecule has 0 aliphatic carbocycles.